The van der Waals surface area contributed by atoms with Crippen LogP contribution in [0.2, 0.25) is 0 Å². The highest BCUT2D eigenvalue weighted by Gasteiger charge is 2.18. The Morgan fingerprint density at radius 2 is 1.68 bits per heavy atom. The van der Waals surface area contributed by atoms with Crippen LogP contribution in [0.1, 0.15) is 32.6 Å². The van der Waals surface area contributed by atoms with E-state index in [1.165, 1.54) is 33.5 Å². The minimum absolute atomic E-state index is 0.0325. The number of rotatable bonds is 13. The van der Waals surface area contributed by atoms with Crippen molar-refractivity contribution in [2.45, 2.75) is 25.9 Å². The molecule has 0 heterocycles. The van der Waals surface area contributed by atoms with Gasteiger partial charge in [-0.1, -0.05) is 24.3 Å². The van der Waals surface area contributed by atoms with E-state index in [1.807, 2.05) is 0 Å². The Morgan fingerprint density at radius 3 is 2.37 bits per heavy atom. The number of carbonyl (C=O) groups is 2. The van der Waals surface area contributed by atoms with Crippen molar-refractivity contribution in [1.82, 2.24) is 5.32 Å². The van der Waals surface area contributed by atoms with Gasteiger partial charge in [0.25, 0.3) is 0 Å². The molecule has 0 atom stereocenters. The van der Waals surface area contributed by atoms with Crippen LogP contribution in [0.25, 0.3) is 0 Å². The average Bonchev–Trinajstić information content (AvgIpc) is 2.92. The number of aliphatic hydroxyl groups excluding tert-OH is 1. The second-order valence-corrected chi connectivity index (χ2v) is 8.42. The first kappa shape index (κ1) is 28.5. The summed E-state index contributed by atoms with van der Waals surface area (Å²) in [6, 6.07) is 14.8. The molecule has 0 aliphatic rings. The highest BCUT2D eigenvalue weighted by Crippen LogP contribution is 2.34. The van der Waals surface area contributed by atoms with Gasteiger partial charge in [-0.05, 0) is 53.4 Å². The van der Waals surface area contributed by atoms with Crippen LogP contribution >= 0.6 is 0 Å². The van der Waals surface area contributed by atoms with Crippen LogP contribution in [0.4, 0.5) is 4.39 Å². The van der Waals surface area contributed by atoms with Gasteiger partial charge in [0, 0.05) is 18.5 Å². The van der Waals surface area contributed by atoms with Crippen LogP contribution in [-0.4, -0.2) is 51.5 Å². The second-order valence-electron chi connectivity index (χ2n) is 8.42. The summed E-state index contributed by atoms with van der Waals surface area (Å²) >= 11 is 0. The van der Waals surface area contributed by atoms with Crippen molar-refractivity contribution in [2.24, 2.45) is 0 Å². The maximum atomic E-state index is 13.5. The van der Waals surface area contributed by atoms with Crippen molar-refractivity contribution in [3.05, 3.63) is 88.2 Å². The molecule has 38 heavy (non-hydrogen) atoms. The van der Waals surface area contributed by atoms with E-state index in [1.54, 1.807) is 42.5 Å². The average molecular weight is 526 g/mol. The molecule has 0 radical (unpaired) electrons. The van der Waals surface area contributed by atoms with Crippen molar-refractivity contribution in [3.8, 4) is 17.2 Å². The summed E-state index contributed by atoms with van der Waals surface area (Å²) < 4.78 is 34.8. The molecule has 0 saturated heterocycles. The predicted molar refractivity (Wildman–Crippen MR) is 139 cm³/mol. The number of ether oxygens (including phenoxy) is 4. The van der Waals surface area contributed by atoms with Gasteiger partial charge in [0.1, 0.15) is 17.1 Å². The fraction of sp³-hybridized carbons (Fsp3) is 0.310. The van der Waals surface area contributed by atoms with Gasteiger partial charge >= 0.3 is 5.97 Å². The summed E-state index contributed by atoms with van der Waals surface area (Å²) in [5.74, 6) is 0.154. The smallest absolute Gasteiger partial charge is 0.341 e. The molecule has 1 amide bonds. The molecule has 0 unspecified atom stereocenters. The maximum absolute atomic E-state index is 13.5. The zero-order valence-electron chi connectivity index (χ0n) is 21.7. The zero-order valence-corrected chi connectivity index (χ0v) is 21.7. The molecule has 0 fully saturated rings. The third-order valence-corrected chi connectivity index (χ3v) is 5.98. The third-order valence-electron chi connectivity index (χ3n) is 5.98. The van der Waals surface area contributed by atoms with Crippen molar-refractivity contribution < 1.29 is 38.0 Å². The summed E-state index contributed by atoms with van der Waals surface area (Å²) in [7, 11) is 4.27. The SMILES string of the molecule is COC(=O)c1ccc(CCNC(=O)Cc2ccc(OC)c(OCCc3cccc(F)c3)c2CO)cc1OC. The second kappa shape index (κ2) is 14.0. The summed E-state index contributed by atoms with van der Waals surface area (Å²) in [6.07, 6.45) is 1.01. The van der Waals surface area contributed by atoms with Crippen molar-refractivity contribution >= 4 is 11.9 Å². The Balaban J connectivity index is 1.62. The molecule has 8 nitrogen and oxygen atoms in total. The Morgan fingerprint density at radius 1 is 0.921 bits per heavy atom. The molecule has 3 aromatic rings. The van der Waals surface area contributed by atoms with E-state index in [9.17, 15) is 19.1 Å². The minimum atomic E-state index is -0.488. The van der Waals surface area contributed by atoms with Gasteiger partial charge in [0.15, 0.2) is 11.5 Å². The van der Waals surface area contributed by atoms with Crippen LogP contribution in [0.5, 0.6) is 17.2 Å². The summed E-state index contributed by atoms with van der Waals surface area (Å²) in [6.45, 7) is 0.253. The van der Waals surface area contributed by atoms with Gasteiger partial charge in [-0.15, -0.1) is 0 Å². The molecule has 3 rings (SSSR count). The highest BCUT2D eigenvalue weighted by molar-refractivity contribution is 5.92. The zero-order chi connectivity index (χ0) is 27.5. The minimum Gasteiger partial charge on any atom is -0.496 e. The Kier molecular flexibility index (Phi) is 10.5. The van der Waals surface area contributed by atoms with E-state index in [4.69, 9.17) is 18.9 Å². The number of aliphatic hydroxyl groups is 1. The quantitative estimate of drug-likeness (QED) is 0.329. The molecule has 2 N–H and O–H groups in total. The van der Waals surface area contributed by atoms with Crippen LogP contribution in [0.15, 0.2) is 54.6 Å². The number of carbonyl (C=O) groups excluding carboxylic acids is 2. The Labute approximate surface area is 221 Å². The van der Waals surface area contributed by atoms with Crippen LogP contribution in [-0.2, 0) is 35.4 Å². The lowest BCUT2D eigenvalue weighted by molar-refractivity contribution is -0.120. The largest absolute Gasteiger partial charge is 0.496 e. The van der Waals surface area contributed by atoms with Gasteiger partial charge in [0.2, 0.25) is 5.91 Å². The fourth-order valence-electron chi connectivity index (χ4n) is 4.02. The van der Waals surface area contributed by atoms with Crippen LogP contribution in [0, 0.1) is 5.82 Å². The number of methoxy groups -OCH3 is 3. The molecule has 3 aromatic carbocycles. The van der Waals surface area contributed by atoms with E-state index in [0.29, 0.717) is 53.3 Å². The Hall–Kier alpha value is -4.11. The van der Waals surface area contributed by atoms with Crippen molar-refractivity contribution in [1.29, 1.82) is 0 Å². The number of esters is 1. The van der Waals surface area contributed by atoms with Crippen LogP contribution < -0.4 is 19.5 Å². The van der Waals surface area contributed by atoms with Gasteiger partial charge < -0.3 is 29.4 Å². The van der Waals surface area contributed by atoms with Crippen molar-refractivity contribution in [2.75, 3.05) is 34.5 Å². The molecular formula is C29H32FNO7. The van der Waals surface area contributed by atoms with E-state index < -0.39 is 5.97 Å². The number of nitrogens with one attached hydrogen (secondary N) is 1. The molecule has 0 saturated carbocycles. The summed E-state index contributed by atoms with van der Waals surface area (Å²) in [5, 5.41) is 13.0. The first-order chi connectivity index (χ1) is 18.4. The van der Waals surface area contributed by atoms with Gasteiger partial charge in [0.05, 0.1) is 41.0 Å². The highest BCUT2D eigenvalue weighted by atomic mass is 19.1. The lowest BCUT2D eigenvalue weighted by atomic mass is 10.0. The van der Waals surface area contributed by atoms with E-state index in [-0.39, 0.29) is 31.4 Å². The van der Waals surface area contributed by atoms with E-state index >= 15 is 0 Å². The van der Waals surface area contributed by atoms with Crippen molar-refractivity contribution in [3.63, 3.8) is 0 Å². The molecule has 0 aromatic heterocycles. The van der Waals surface area contributed by atoms with Crippen LogP contribution in [0.3, 0.4) is 0 Å². The third kappa shape index (κ3) is 7.45. The molecular weight excluding hydrogens is 493 g/mol. The van der Waals surface area contributed by atoms with Gasteiger partial charge in [-0.2, -0.15) is 0 Å². The number of hydrogen-bond acceptors (Lipinski definition) is 7. The number of amides is 1. The van der Waals surface area contributed by atoms with Gasteiger partial charge in [-0.25, -0.2) is 9.18 Å². The predicted octanol–water partition coefficient (Wildman–Crippen LogP) is 3.64. The van der Waals surface area contributed by atoms with Gasteiger partial charge in [-0.3, -0.25) is 4.79 Å². The molecule has 0 aliphatic heterocycles. The van der Waals surface area contributed by atoms with E-state index in [2.05, 4.69) is 5.32 Å². The molecule has 0 spiro atoms. The number of benzene rings is 3. The standard InChI is InChI=1S/C29H32FNO7/c1-35-25-10-8-21(24(18-32)28(25)38-14-12-19-5-4-6-22(30)15-19)17-27(33)31-13-11-20-7-9-23(29(34)37-3)26(16-20)36-2/h4-10,15-16,32H,11-14,17-18H2,1-3H3,(H,31,33). The topological polar surface area (TPSA) is 103 Å². The first-order valence-electron chi connectivity index (χ1n) is 12.1. The molecule has 0 bridgehead atoms. The lowest BCUT2D eigenvalue weighted by Crippen LogP contribution is -2.27. The molecule has 202 valence electrons. The fourth-order valence-corrected chi connectivity index (χ4v) is 4.02. The monoisotopic (exact) mass is 525 g/mol. The molecule has 9 heteroatoms. The number of halogens is 1. The molecule has 0 aliphatic carbocycles. The number of hydrogen-bond donors (Lipinski definition) is 2. The maximum Gasteiger partial charge on any atom is 0.341 e. The first-order valence-corrected chi connectivity index (χ1v) is 12.1. The van der Waals surface area contributed by atoms with E-state index in [0.717, 1.165) is 11.1 Å². The Bertz CT molecular complexity index is 1260. The summed E-state index contributed by atoms with van der Waals surface area (Å²) in [5.41, 5.74) is 3.05. The normalized spacial score (nSPS) is 10.6. The lowest BCUT2D eigenvalue weighted by Gasteiger charge is -2.17. The summed E-state index contributed by atoms with van der Waals surface area (Å²) in [4.78, 5) is 24.5.